The Morgan fingerprint density at radius 2 is 2.29 bits per heavy atom. The van der Waals surface area contributed by atoms with Crippen molar-refractivity contribution in [1.82, 2.24) is 14.8 Å². The number of nitrogen functional groups attached to an aromatic ring is 1. The highest BCUT2D eigenvalue weighted by Gasteiger charge is 2.39. The Balaban J connectivity index is 1.74. The number of thioether (sulfide) groups is 1. The van der Waals surface area contributed by atoms with Crippen molar-refractivity contribution in [2.75, 3.05) is 23.8 Å². The van der Waals surface area contributed by atoms with E-state index in [2.05, 4.69) is 10.1 Å². The Labute approximate surface area is 105 Å². The molecule has 0 saturated carbocycles. The van der Waals surface area contributed by atoms with Crippen LogP contribution in [-0.4, -0.2) is 38.5 Å². The van der Waals surface area contributed by atoms with Gasteiger partial charge in [0.1, 0.15) is 6.33 Å². The topological polar surface area (TPSA) is 66.0 Å². The third kappa shape index (κ3) is 2.28. The standard InChI is InChI=1S/C11H18N4OS/c12-10-13-8-15(14-10)9-1-4-16-11(7-9)2-5-17-6-3-11/h8-9H,1-7H2,(H2,12,14). The maximum atomic E-state index is 6.06. The van der Waals surface area contributed by atoms with E-state index in [1.54, 1.807) is 6.33 Å². The van der Waals surface area contributed by atoms with Crippen molar-refractivity contribution in [2.24, 2.45) is 0 Å². The number of aromatic nitrogens is 3. The van der Waals surface area contributed by atoms with Crippen LogP contribution in [0.1, 0.15) is 31.7 Å². The van der Waals surface area contributed by atoms with E-state index in [1.807, 2.05) is 16.4 Å². The van der Waals surface area contributed by atoms with Gasteiger partial charge in [-0.25, -0.2) is 9.67 Å². The SMILES string of the molecule is Nc1ncn(C2CCOC3(CCSCC3)C2)n1. The lowest BCUT2D eigenvalue weighted by atomic mass is 9.85. The van der Waals surface area contributed by atoms with Crippen molar-refractivity contribution < 1.29 is 4.74 Å². The minimum absolute atomic E-state index is 0.0921. The predicted molar refractivity (Wildman–Crippen MR) is 67.9 cm³/mol. The van der Waals surface area contributed by atoms with Gasteiger partial charge in [0, 0.05) is 6.61 Å². The summed E-state index contributed by atoms with van der Waals surface area (Å²) in [6.07, 6.45) is 6.14. The minimum atomic E-state index is 0.0921. The molecule has 2 saturated heterocycles. The van der Waals surface area contributed by atoms with Crippen LogP contribution in [0, 0.1) is 0 Å². The maximum Gasteiger partial charge on any atom is 0.239 e. The molecule has 0 amide bonds. The van der Waals surface area contributed by atoms with Crippen LogP contribution in [0.5, 0.6) is 0 Å². The number of hydrogen-bond acceptors (Lipinski definition) is 5. The molecule has 0 radical (unpaired) electrons. The fourth-order valence-corrected chi connectivity index (χ4v) is 4.02. The summed E-state index contributed by atoms with van der Waals surface area (Å²) in [6, 6.07) is 0.400. The molecule has 1 aromatic rings. The zero-order valence-electron chi connectivity index (χ0n) is 9.84. The van der Waals surface area contributed by atoms with Gasteiger partial charge in [0.15, 0.2) is 0 Å². The summed E-state index contributed by atoms with van der Waals surface area (Å²) in [5.41, 5.74) is 5.67. The van der Waals surface area contributed by atoms with Gasteiger partial charge in [-0.2, -0.15) is 11.8 Å². The molecule has 3 rings (SSSR count). The lowest BCUT2D eigenvalue weighted by Gasteiger charge is -2.43. The normalized spacial score (nSPS) is 28.4. The van der Waals surface area contributed by atoms with E-state index in [0.717, 1.165) is 19.4 Å². The van der Waals surface area contributed by atoms with Crippen molar-refractivity contribution in [3.8, 4) is 0 Å². The number of hydrogen-bond donors (Lipinski definition) is 1. The summed E-state index contributed by atoms with van der Waals surface area (Å²) >= 11 is 2.03. The van der Waals surface area contributed by atoms with E-state index < -0.39 is 0 Å². The smallest absolute Gasteiger partial charge is 0.239 e. The molecule has 0 aromatic carbocycles. The molecule has 3 heterocycles. The molecule has 0 aliphatic carbocycles. The second-order valence-electron chi connectivity index (χ2n) is 4.87. The van der Waals surface area contributed by atoms with E-state index in [0.29, 0.717) is 12.0 Å². The first kappa shape index (κ1) is 11.3. The monoisotopic (exact) mass is 254 g/mol. The average molecular weight is 254 g/mol. The first-order valence-corrected chi connectivity index (χ1v) is 7.31. The van der Waals surface area contributed by atoms with E-state index >= 15 is 0 Å². The second-order valence-corrected chi connectivity index (χ2v) is 6.10. The summed E-state index contributed by atoms with van der Waals surface area (Å²) in [5, 5.41) is 4.23. The van der Waals surface area contributed by atoms with Gasteiger partial charge in [-0.05, 0) is 37.2 Å². The van der Waals surface area contributed by atoms with Crippen molar-refractivity contribution in [1.29, 1.82) is 0 Å². The van der Waals surface area contributed by atoms with Gasteiger partial charge < -0.3 is 10.5 Å². The van der Waals surface area contributed by atoms with Gasteiger partial charge >= 0.3 is 0 Å². The summed E-state index contributed by atoms with van der Waals surface area (Å²) in [7, 11) is 0. The molecular weight excluding hydrogens is 236 g/mol. The third-order valence-corrected chi connectivity index (χ3v) is 4.76. The summed E-state index contributed by atoms with van der Waals surface area (Å²) in [6.45, 7) is 0.828. The Morgan fingerprint density at radius 1 is 1.47 bits per heavy atom. The van der Waals surface area contributed by atoms with Gasteiger partial charge in [-0.1, -0.05) is 0 Å². The Bertz CT molecular complexity index is 383. The van der Waals surface area contributed by atoms with Gasteiger partial charge in [0.2, 0.25) is 5.95 Å². The van der Waals surface area contributed by atoms with Crippen LogP contribution in [-0.2, 0) is 4.74 Å². The highest BCUT2D eigenvalue weighted by Crippen LogP contribution is 2.41. The highest BCUT2D eigenvalue weighted by molar-refractivity contribution is 7.99. The number of nitrogens with two attached hydrogens (primary N) is 1. The molecule has 1 spiro atoms. The van der Waals surface area contributed by atoms with Crippen LogP contribution in [0.25, 0.3) is 0 Å². The molecule has 0 bridgehead atoms. The average Bonchev–Trinajstić information content (AvgIpc) is 2.77. The van der Waals surface area contributed by atoms with Gasteiger partial charge in [0.25, 0.3) is 0 Å². The zero-order valence-corrected chi connectivity index (χ0v) is 10.7. The molecule has 6 heteroatoms. The van der Waals surface area contributed by atoms with E-state index in [4.69, 9.17) is 10.5 Å². The molecule has 2 aliphatic heterocycles. The molecule has 94 valence electrons. The van der Waals surface area contributed by atoms with Crippen LogP contribution in [0.15, 0.2) is 6.33 Å². The van der Waals surface area contributed by atoms with E-state index in [-0.39, 0.29) is 5.60 Å². The van der Waals surface area contributed by atoms with Crippen molar-refractivity contribution >= 4 is 17.7 Å². The summed E-state index contributed by atoms with van der Waals surface area (Å²) in [5.74, 6) is 2.79. The van der Waals surface area contributed by atoms with Crippen LogP contribution in [0.4, 0.5) is 5.95 Å². The van der Waals surface area contributed by atoms with Gasteiger partial charge in [-0.15, -0.1) is 5.10 Å². The quantitative estimate of drug-likeness (QED) is 0.822. The molecule has 2 aliphatic rings. The second kappa shape index (κ2) is 4.49. The molecule has 2 fully saturated rings. The first-order chi connectivity index (χ1) is 8.27. The maximum absolute atomic E-state index is 6.06. The lowest BCUT2D eigenvalue weighted by Crippen LogP contribution is -2.43. The minimum Gasteiger partial charge on any atom is -0.375 e. The van der Waals surface area contributed by atoms with Crippen molar-refractivity contribution in [2.45, 2.75) is 37.3 Å². The zero-order chi connectivity index (χ0) is 11.7. The molecule has 5 nitrogen and oxygen atoms in total. The van der Waals surface area contributed by atoms with Crippen LogP contribution in [0.2, 0.25) is 0 Å². The number of anilines is 1. The van der Waals surface area contributed by atoms with Crippen LogP contribution >= 0.6 is 11.8 Å². The molecular formula is C11H18N4OS. The molecule has 1 unspecified atom stereocenters. The largest absolute Gasteiger partial charge is 0.375 e. The molecule has 1 aromatic heterocycles. The first-order valence-electron chi connectivity index (χ1n) is 6.16. The van der Waals surface area contributed by atoms with Crippen molar-refractivity contribution in [3.05, 3.63) is 6.33 Å². The fraction of sp³-hybridized carbons (Fsp3) is 0.818. The van der Waals surface area contributed by atoms with Crippen LogP contribution < -0.4 is 5.73 Å². The molecule has 17 heavy (non-hydrogen) atoms. The van der Waals surface area contributed by atoms with Crippen molar-refractivity contribution in [3.63, 3.8) is 0 Å². The van der Waals surface area contributed by atoms with E-state index in [1.165, 1.54) is 24.3 Å². The Kier molecular flexibility index (Phi) is 3.00. The third-order valence-electron chi connectivity index (χ3n) is 3.77. The Hall–Kier alpha value is -0.750. The Morgan fingerprint density at radius 3 is 3.00 bits per heavy atom. The van der Waals surface area contributed by atoms with Gasteiger partial charge in [-0.3, -0.25) is 0 Å². The number of ether oxygens (including phenoxy) is 1. The van der Waals surface area contributed by atoms with Gasteiger partial charge in [0.05, 0.1) is 11.6 Å². The summed E-state index contributed by atoms with van der Waals surface area (Å²) in [4.78, 5) is 4.01. The van der Waals surface area contributed by atoms with E-state index in [9.17, 15) is 0 Å². The summed E-state index contributed by atoms with van der Waals surface area (Å²) < 4.78 is 7.98. The number of rotatable bonds is 1. The number of nitrogens with zero attached hydrogens (tertiary/aromatic N) is 3. The fourth-order valence-electron chi connectivity index (χ4n) is 2.78. The van der Waals surface area contributed by atoms with Crippen LogP contribution in [0.3, 0.4) is 0 Å². The molecule has 2 N–H and O–H groups in total. The highest BCUT2D eigenvalue weighted by atomic mass is 32.2. The lowest BCUT2D eigenvalue weighted by molar-refractivity contribution is -0.100. The molecule has 1 atom stereocenters. The predicted octanol–water partition coefficient (Wildman–Crippen LogP) is 1.48.